The maximum atomic E-state index is 4.52. The molecule has 0 aliphatic carbocycles. The molecule has 120 valence electrons. The Kier molecular flexibility index (Phi) is 4.93. The van der Waals surface area contributed by atoms with Crippen LogP contribution in [0.3, 0.4) is 0 Å². The third kappa shape index (κ3) is 3.24. The first-order valence-corrected chi connectivity index (χ1v) is 8.60. The smallest absolute Gasteiger partial charge is 0.143 e. The summed E-state index contributed by atoms with van der Waals surface area (Å²) in [5.41, 5.74) is 2.29. The van der Waals surface area contributed by atoms with E-state index in [1.165, 1.54) is 36.6 Å². The second-order valence-corrected chi connectivity index (χ2v) is 6.33. The number of H-pyrrole nitrogens is 1. The lowest BCUT2D eigenvalue weighted by Crippen LogP contribution is -2.38. The fraction of sp³-hybridized carbons (Fsp3) is 0.647. The lowest BCUT2D eigenvalue weighted by atomic mass is 9.95. The van der Waals surface area contributed by atoms with Gasteiger partial charge in [-0.15, -0.1) is 0 Å². The number of hydrogen-bond donors (Lipinski definition) is 3. The van der Waals surface area contributed by atoms with Crippen molar-refractivity contribution in [3.05, 3.63) is 18.1 Å². The third-order valence-electron chi connectivity index (χ3n) is 4.85. The highest BCUT2D eigenvalue weighted by molar-refractivity contribution is 5.90. The van der Waals surface area contributed by atoms with E-state index in [4.69, 9.17) is 0 Å². The Bertz CT molecular complexity index is 596. The topological polar surface area (TPSA) is 65.6 Å². The SMILES string of the molecule is CCC(CC)Cc1c[nH]c2ncnc(NC3CCCNC3)c12. The van der Waals surface area contributed by atoms with Crippen LogP contribution in [-0.4, -0.2) is 34.1 Å². The molecule has 0 aromatic carbocycles. The Morgan fingerprint density at radius 2 is 2.18 bits per heavy atom. The van der Waals surface area contributed by atoms with Crippen molar-refractivity contribution < 1.29 is 0 Å². The molecule has 1 fully saturated rings. The van der Waals surface area contributed by atoms with Crippen molar-refractivity contribution in [1.82, 2.24) is 20.3 Å². The molecule has 0 saturated carbocycles. The molecule has 3 rings (SSSR count). The normalized spacial score (nSPS) is 19.0. The molecule has 2 aromatic heterocycles. The van der Waals surface area contributed by atoms with Crippen molar-refractivity contribution in [1.29, 1.82) is 0 Å². The number of rotatable bonds is 6. The second-order valence-electron chi connectivity index (χ2n) is 6.33. The van der Waals surface area contributed by atoms with Crippen LogP contribution in [0, 0.1) is 5.92 Å². The van der Waals surface area contributed by atoms with Crippen LogP contribution >= 0.6 is 0 Å². The van der Waals surface area contributed by atoms with Crippen LogP contribution in [0.15, 0.2) is 12.5 Å². The van der Waals surface area contributed by atoms with Gasteiger partial charge in [-0.2, -0.15) is 0 Å². The summed E-state index contributed by atoms with van der Waals surface area (Å²) in [7, 11) is 0. The summed E-state index contributed by atoms with van der Waals surface area (Å²) in [5.74, 6) is 1.71. The molecule has 2 aromatic rings. The molecule has 22 heavy (non-hydrogen) atoms. The number of nitrogens with zero attached hydrogens (tertiary/aromatic N) is 2. The van der Waals surface area contributed by atoms with E-state index >= 15 is 0 Å². The summed E-state index contributed by atoms with van der Waals surface area (Å²) in [5, 5.41) is 8.25. The van der Waals surface area contributed by atoms with E-state index in [2.05, 4.69) is 45.6 Å². The number of anilines is 1. The zero-order valence-electron chi connectivity index (χ0n) is 13.7. The van der Waals surface area contributed by atoms with Crippen LogP contribution in [0.2, 0.25) is 0 Å². The Labute approximate surface area is 132 Å². The highest BCUT2D eigenvalue weighted by atomic mass is 15.1. The maximum absolute atomic E-state index is 4.52. The molecular weight excluding hydrogens is 274 g/mol. The monoisotopic (exact) mass is 301 g/mol. The molecular formula is C17H27N5. The molecule has 3 heterocycles. The quantitative estimate of drug-likeness (QED) is 0.767. The van der Waals surface area contributed by atoms with Gasteiger partial charge < -0.3 is 15.6 Å². The van der Waals surface area contributed by atoms with Gasteiger partial charge in [0, 0.05) is 18.8 Å². The Balaban J connectivity index is 1.87. The van der Waals surface area contributed by atoms with E-state index in [-0.39, 0.29) is 0 Å². The zero-order valence-corrected chi connectivity index (χ0v) is 13.7. The van der Waals surface area contributed by atoms with E-state index in [9.17, 15) is 0 Å². The molecule has 1 saturated heterocycles. The highest BCUT2D eigenvalue weighted by Crippen LogP contribution is 2.28. The Morgan fingerprint density at radius 3 is 2.91 bits per heavy atom. The van der Waals surface area contributed by atoms with Gasteiger partial charge in [-0.3, -0.25) is 0 Å². The van der Waals surface area contributed by atoms with Crippen LogP contribution in [-0.2, 0) is 6.42 Å². The number of piperidine rings is 1. The first-order valence-electron chi connectivity index (χ1n) is 8.60. The average Bonchev–Trinajstić information content (AvgIpc) is 2.97. The molecule has 0 radical (unpaired) electrons. The minimum Gasteiger partial charge on any atom is -0.365 e. The predicted octanol–water partition coefficient (Wildman–Crippen LogP) is 3.10. The van der Waals surface area contributed by atoms with Gasteiger partial charge in [-0.05, 0) is 37.3 Å². The van der Waals surface area contributed by atoms with Gasteiger partial charge >= 0.3 is 0 Å². The predicted molar refractivity (Wildman–Crippen MR) is 91.2 cm³/mol. The van der Waals surface area contributed by atoms with E-state index in [0.717, 1.165) is 36.9 Å². The Morgan fingerprint density at radius 1 is 1.32 bits per heavy atom. The van der Waals surface area contributed by atoms with Crippen molar-refractivity contribution in [2.45, 2.75) is 52.0 Å². The van der Waals surface area contributed by atoms with Gasteiger partial charge in [0.15, 0.2) is 0 Å². The molecule has 5 nitrogen and oxygen atoms in total. The van der Waals surface area contributed by atoms with Gasteiger partial charge in [-0.25, -0.2) is 9.97 Å². The molecule has 0 bridgehead atoms. The summed E-state index contributed by atoms with van der Waals surface area (Å²) < 4.78 is 0. The number of nitrogens with one attached hydrogen (secondary N) is 3. The Hall–Kier alpha value is -1.62. The molecule has 3 N–H and O–H groups in total. The van der Waals surface area contributed by atoms with Crippen molar-refractivity contribution >= 4 is 16.9 Å². The van der Waals surface area contributed by atoms with Crippen molar-refractivity contribution in [3.8, 4) is 0 Å². The van der Waals surface area contributed by atoms with E-state index in [1.807, 2.05) is 0 Å². The van der Waals surface area contributed by atoms with Gasteiger partial charge in [0.2, 0.25) is 0 Å². The fourth-order valence-electron chi connectivity index (χ4n) is 3.35. The number of hydrogen-bond acceptors (Lipinski definition) is 4. The number of aromatic amines is 1. The number of aromatic nitrogens is 3. The van der Waals surface area contributed by atoms with Gasteiger partial charge in [0.1, 0.15) is 17.8 Å². The lowest BCUT2D eigenvalue weighted by molar-refractivity contribution is 0.479. The highest BCUT2D eigenvalue weighted by Gasteiger charge is 2.18. The molecule has 5 heteroatoms. The van der Waals surface area contributed by atoms with Gasteiger partial charge in [-0.1, -0.05) is 26.7 Å². The summed E-state index contributed by atoms with van der Waals surface area (Å²) in [6.07, 6.45) is 9.71. The van der Waals surface area contributed by atoms with Crippen molar-refractivity contribution in [2.24, 2.45) is 5.92 Å². The first kappa shape index (κ1) is 15.3. The van der Waals surface area contributed by atoms with Crippen LogP contribution in [0.4, 0.5) is 5.82 Å². The average molecular weight is 301 g/mol. The number of fused-ring (bicyclic) bond motifs is 1. The van der Waals surface area contributed by atoms with Crippen LogP contribution in [0.5, 0.6) is 0 Å². The van der Waals surface area contributed by atoms with Crippen LogP contribution in [0.1, 0.15) is 45.1 Å². The molecule has 1 unspecified atom stereocenters. The molecule has 0 spiro atoms. The summed E-state index contributed by atoms with van der Waals surface area (Å²) in [6.45, 7) is 6.68. The van der Waals surface area contributed by atoms with Crippen LogP contribution in [0.25, 0.3) is 11.0 Å². The van der Waals surface area contributed by atoms with E-state index in [1.54, 1.807) is 6.33 Å². The summed E-state index contributed by atoms with van der Waals surface area (Å²) >= 11 is 0. The van der Waals surface area contributed by atoms with Crippen molar-refractivity contribution in [3.63, 3.8) is 0 Å². The molecule has 0 amide bonds. The minimum absolute atomic E-state index is 0.461. The molecule has 1 aliphatic heterocycles. The lowest BCUT2D eigenvalue weighted by Gasteiger charge is -2.24. The summed E-state index contributed by atoms with van der Waals surface area (Å²) in [6, 6.07) is 0.461. The molecule has 1 atom stereocenters. The van der Waals surface area contributed by atoms with Gasteiger partial charge in [0.05, 0.1) is 5.39 Å². The zero-order chi connectivity index (χ0) is 15.4. The fourth-order valence-corrected chi connectivity index (χ4v) is 3.35. The first-order chi connectivity index (χ1) is 10.8. The second kappa shape index (κ2) is 7.09. The van der Waals surface area contributed by atoms with Crippen LogP contribution < -0.4 is 10.6 Å². The molecule has 1 aliphatic rings. The van der Waals surface area contributed by atoms with E-state index in [0.29, 0.717) is 6.04 Å². The minimum atomic E-state index is 0.461. The maximum Gasteiger partial charge on any atom is 0.143 e. The summed E-state index contributed by atoms with van der Waals surface area (Å²) in [4.78, 5) is 12.2. The largest absolute Gasteiger partial charge is 0.365 e. The van der Waals surface area contributed by atoms with Crippen molar-refractivity contribution in [2.75, 3.05) is 18.4 Å². The van der Waals surface area contributed by atoms with E-state index < -0.39 is 0 Å². The third-order valence-corrected chi connectivity index (χ3v) is 4.85. The van der Waals surface area contributed by atoms with Gasteiger partial charge in [0.25, 0.3) is 0 Å². The standard InChI is InChI=1S/C17H27N5/c1-3-12(4-2)8-13-9-19-16-15(13)17(21-11-20-16)22-14-6-5-7-18-10-14/h9,11-12,14,18H,3-8,10H2,1-2H3,(H2,19,20,21,22).